The van der Waals surface area contributed by atoms with Crippen LogP contribution in [0.2, 0.25) is 0 Å². The molecule has 2 aromatic carbocycles. The average molecular weight is 376 g/mol. The number of benzene rings is 2. The Morgan fingerprint density at radius 2 is 1.81 bits per heavy atom. The molecule has 0 bridgehead atoms. The van der Waals surface area contributed by atoms with Crippen molar-refractivity contribution >= 4 is 5.91 Å². The van der Waals surface area contributed by atoms with E-state index in [0.717, 1.165) is 6.07 Å². The highest BCUT2D eigenvalue weighted by Crippen LogP contribution is 2.34. The molecule has 0 aliphatic heterocycles. The van der Waals surface area contributed by atoms with E-state index in [0.29, 0.717) is 5.69 Å². The molecule has 1 amide bonds. The largest absolute Gasteiger partial charge is 0.416 e. The molecule has 1 aromatic heterocycles. The lowest BCUT2D eigenvalue weighted by Crippen LogP contribution is -2.29. The molecule has 27 heavy (non-hydrogen) atoms. The first-order valence-corrected chi connectivity index (χ1v) is 7.93. The molecule has 140 valence electrons. The summed E-state index contributed by atoms with van der Waals surface area (Å²) in [6, 6.07) is 11.3. The highest BCUT2D eigenvalue weighted by Gasteiger charge is 2.34. The average Bonchev–Trinajstić information content (AvgIpc) is 3.20. The number of alkyl halides is 3. The second-order valence-corrected chi connectivity index (χ2v) is 5.73. The Balaban J connectivity index is 1.71. The van der Waals surface area contributed by atoms with Gasteiger partial charge in [0.2, 0.25) is 0 Å². The van der Waals surface area contributed by atoms with Gasteiger partial charge in [0.15, 0.2) is 0 Å². The van der Waals surface area contributed by atoms with E-state index in [2.05, 4.69) is 15.5 Å². The summed E-state index contributed by atoms with van der Waals surface area (Å²) in [5, 5.41) is 19.9. The second kappa shape index (κ2) is 7.58. The molecule has 0 fully saturated rings. The molecule has 0 aliphatic rings. The molecule has 0 spiro atoms. The van der Waals surface area contributed by atoms with E-state index in [1.165, 1.54) is 30.9 Å². The lowest BCUT2D eigenvalue weighted by Gasteiger charge is -2.18. The number of nitrogens with one attached hydrogen (secondary N) is 1. The zero-order valence-corrected chi connectivity index (χ0v) is 13.9. The Kier molecular flexibility index (Phi) is 5.22. The van der Waals surface area contributed by atoms with Gasteiger partial charge in [0.1, 0.15) is 12.7 Å². The van der Waals surface area contributed by atoms with Crippen LogP contribution in [-0.2, 0) is 6.18 Å². The number of aliphatic hydroxyl groups excluding tert-OH is 1. The molecule has 9 heteroatoms. The minimum absolute atomic E-state index is 0.288. The second-order valence-electron chi connectivity index (χ2n) is 5.73. The monoisotopic (exact) mass is 376 g/mol. The normalized spacial score (nSPS) is 12.6. The zero-order valence-electron chi connectivity index (χ0n) is 13.9. The minimum Gasteiger partial charge on any atom is -0.387 e. The molecule has 0 saturated carbocycles. The number of aromatic nitrogens is 3. The lowest BCUT2D eigenvalue weighted by molar-refractivity contribution is -0.139. The summed E-state index contributed by atoms with van der Waals surface area (Å²) in [5.41, 5.74) is -0.280. The quantitative estimate of drug-likeness (QED) is 0.718. The van der Waals surface area contributed by atoms with E-state index < -0.39 is 23.8 Å². The number of aliphatic hydroxyl groups is 1. The Bertz CT molecular complexity index is 926. The third-order valence-electron chi connectivity index (χ3n) is 3.91. The van der Waals surface area contributed by atoms with Crippen LogP contribution in [0, 0.1) is 0 Å². The summed E-state index contributed by atoms with van der Waals surface area (Å²) in [4.78, 5) is 12.3. The zero-order chi connectivity index (χ0) is 19.4. The molecule has 0 saturated heterocycles. The van der Waals surface area contributed by atoms with Gasteiger partial charge in [-0.1, -0.05) is 24.3 Å². The first-order chi connectivity index (χ1) is 12.9. The van der Waals surface area contributed by atoms with Crippen molar-refractivity contribution in [1.29, 1.82) is 0 Å². The SMILES string of the molecule is O=C(NC[C@H](O)c1ccccc1C(F)(F)F)c1cccc(-n2cnnc2)c1. The van der Waals surface area contributed by atoms with Crippen molar-refractivity contribution in [3.8, 4) is 5.69 Å². The minimum atomic E-state index is -4.59. The highest BCUT2D eigenvalue weighted by atomic mass is 19.4. The van der Waals surface area contributed by atoms with Crippen molar-refractivity contribution in [1.82, 2.24) is 20.1 Å². The van der Waals surface area contributed by atoms with Crippen LogP contribution in [0.15, 0.2) is 61.2 Å². The maximum Gasteiger partial charge on any atom is 0.416 e. The summed E-state index contributed by atoms with van der Waals surface area (Å²) in [6.07, 6.45) is -3.15. The van der Waals surface area contributed by atoms with Gasteiger partial charge in [-0.3, -0.25) is 9.36 Å². The van der Waals surface area contributed by atoms with E-state index in [-0.39, 0.29) is 17.7 Å². The predicted octanol–water partition coefficient (Wildman–Crippen LogP) is 2.75. The van der Waals surface area contributed by atoms with E-state index in [4.69, 9.17) is 0 Å². The van der Waals surface area contributed by atoms with Crippen LogP contribution in [-0.4, -0.2) is 32.3 Å². The summed E-state index contributed by atoms with van der Waals surface area (Å²) in [6.45, 7) is -0.358. The van der Waals surface area contributed by atoms with Crippen molar-refractivity contribution < 1.29 is 23.1 Å². The lowest BCUT2D eigenvalue weighted by atomic mass is 10.0. The van der Waals surface area contributed by atoms with Crippen molar-refractivity contribution in [2.24, 2.45) is 0 Å². The molecule has 0 unspecified atom stereocenters. The van der Waals surface area contributed by atoms with Crippen LogP contribution >= 0.6 is 0 Å². The third-order valence-corrected chi connectivity index (χ3v) is 3.91. The molecule has 1 heterocycles. The molecule has 6 nitrogen and oxygen atoms in total. The molecule has 0 radical (unpaired) electrons. The van der Waals surface area contributed by atoms with E-state index in [9.17, 15) is 23.1 Å². The van der Waals surface area contributed by atoms with Gasteiger partial charge < -0.3 is 10.4 Å². The Hall–Kier alpha value is -3.20. The molecule has 3 rings (SSSR count). The number of hydrogen-bond donors (Lipinski definition) is 2. The Morgan fingerprint density at radius 3 is 2.52 bits per heavy atom. The Morgan fingerprint density at radius 1 is 1.11 bits per heavy atom. The maximum absolute atomic E-state index is 13.0. The van der Waals surface area contributed by atoms with Crippen LogP contribution in [0.1, 0.15) is 27.6 Å². The topological polar surface area (TPSA) is 80.0 Å². The van der Waals surface area contributed by atoms with Gasteiger partial charge in [0.05, 0.1) is 11.7 Å². The van der Waals surface area contributed by atoms with Gasteiger partial charge in [-0.15, -0.1) is 10.2 Å². The molecular weight excluding hydrogens is 361 g/mol. The number of halogens is 3. The first kappa shape index (κ1) is 18.6. The summed E-state index contributed by atoms with van der Waals surface area (Å²) in [5.74, 6) is -0.520. The summed E-state index contributed by atoms with van der Waals surface area (Å²) >= 11 is 0. The fourth-order valence-corrected chi connectivity index (χ4v) is 2.59. The standard InChI is InChI=1S/C18H15F3N4O2/c19-18(20,21)15-7-2-1-6-14(15)16(26)9-22-17(27)12-4-3-5-13(8-12)25-10-23-24-11-25/h1-8,10-11,16,26H,9H2,(H,22,27)/t16-/m0/s1. The number of nitrogens with zero attached hydrogens (tertiary/aromatic N) is 3. The predicted molar refractivity (Wildman–Crippen MR) is 90.1 cm³/mol. The first-order valence-electron chi connectivity index (χ1n) is 7.93. The van der Waals surface area contributed by atoms with Gasteiger partial charge in [-0.05, 0) is 29.8 Å². The van der Waals surface area contributed by atoms with Gasteiger partial charge >= 0.3 is 6.18 Å². The van der Waals surface area contributed by atoms with Crippen molar-refractivity contribution in [3.63, 3.8) is 0 Å². The van der Waals surface area contributed by atoms with Crippen molar-refractivity contribution in [2.75, 3.05) is 6.54 Å². The fourth-order valence-electron chi connectivity index (χ4n) is 2.59. The van der Waals surface area contributed by atoms with Crippen LogP contribution in [0.5, 0.6) is 0 Å². The Labute approximate surface area is 152 Å². The van der Waals surface area contributed by atoms with Gasteiger partial charge in [-0.2, -0.15) is 13.2 Å². The number of amides is 1. The van der Waals surface area contributed by atoms with Gasteiger partial charge in [0, 0.05) is 17.8 Å². The van der Waals surface area contributed by atoms with Crippen LogP contribution in [0.25, 0.3) is 5.69 Å². The highest BCUT2D eigenvalue weighted by molar-refractivity contribution is 5.94. The number of carbonyl (C=O) groups excluding carboxylic acids is 1. The fraction of sp³-hybridized carbons (Fsp3) is 0.167. The number of rotatable bonds is 5. The molecule has 2 N–H and O–H groups in total. The number of hydrogen-bond acceptors (Lipinski definition) is 4. The molecule has 1 atom stereocenters. The van der Waals surface area contributed by atoms with E-state index in [1.54, 1.807) is 28.8 Å². The van der Waals surface area contributed by atoms with Crippen molar-refractivity contribution in [3.05, 3.63) is 77.9 Å². The number of carbonyl (C=O) groups is 1. The molecule has 3 aromatic rings. The smallest absolute Gasteiger partial charge is 0.387 e. The van der Waals surface area contributed by atoms with Crippen molar-refractivity contribution in [2.45, 2.75) is 12.3 Å². The van der Waals surface area contributed by atoms with Gasteiger partial charge in [0.25, 0.3) is 5.91 Å². The maximum atomic E-state index is 13.0. The third kappa shape index (κ3) is 4.32. The van der Waals surface area contributed by atoms with E-state index in [1.807, 2.05) is 0 Å². The van der Waals surface area contributed by atoms with Crippen LogP contribution in [0.3, 0.4) is 0 Å². The van der Waals surface area contributed by atoms with Crippen LogP contribution < -0.4 is 5.32 Å². The molecule has 0 aliphatic carbocycles. The van der Waals surface area contributed by atoms with Gasteiger partial charge in [-0.25, -0.2) is 0 Å². The summed E-state index contributed by atoms with van der Waals surface area (Å²) < 4.78 is 40.7. The summed E-state index contributed by atoms with van der Waals surface area (Å²) in [7, 11) is 0. The van der Waals surface area contributed by atoms with E-state index >= 15 is 0 Å². The molecular formula is C18H15F3N4O2. The van der Waals surface area contributed by atoms with Crippen LogP contribution in [0.4, 0.5) is 13.2 Å².